The smallest absolute Gasteiger partial charge is 0.243 e. The Kier molecular flexibility index (Phi) is 6.71. The van der Waals surface area contributed by atoms with E-state index in [0.717, 1.165) is 14.6 Å². The standard InChI is InChI=1S/C19H21N3O3S3/c1-3-22(4-2)28(24,25)15-11-9-14(10-12-15)20-18(23)13-26-19-21-16-7-5-6-8-17(16)27-19/h5-12H,3-4,13H2,1-2H3,(H,20,23). The van der Waals surface area contributed by atoms with Gasteiger partial charge in [0.15, 0.2) is 4.34 Å². The van der Waals surface area contributed by atoms with Gasteiger partial charge >= 0.3 is 0 Å². The zero-order valence-corrected chi connectivity index (χ0v) is 18.0. The summed E-state index contributed by atoms with van der Waals surface area (Å²) in [4.78, 5) is 16.9. The lowest BCUT2D eigenvalue weighted by atomic mass is 10.3. The van der Waals surface area contributed by atoms with Crippen molar-refractivity contribution >= 4 is 54.9 Å². The number of thiazole rings is 1. The quantitative estimate of drug-likeness (QED) is 0.540. The number of hydrogen-bond donors (Lipinski definition) is 1. The van der Waals surface area contributed by atoms with Gasteiger partial charge in [0.05, 0.1) is 20.9 Å². The minimum Gasteiger partial charge on any atom is -0.325 e. The zero-order valence-electron chi connectivity index (χ0n) is 15.6. The lowest BCUT2D eigenvalue weighted by Gasteiger charge is -2.18. The molecule has 0 saturated carbocycles. The van der Waals surface area contributed by atoms with Gasteiger partial charge in [-0.25, -0.2) is 13.4 Å². The normalized spacial score (nSPS) is 11.8. The number of hydrogen-bond acceptors (Lipinski definition) is 6. The van der Waals surface area contributed by atoms with E-state index in [0.29, 0.717) is 18.8 Å². The summed E-state index contributed by atoms with van der Waals surface area (Å²) in [5.41, 5.74) is 1.49. The van der Waals surface area contributed by atoms with Crippen LogP contribution in [-0.4, -0.2) is 42.5 Å². The van der Waals surface area contributed by atoms with Crippen molar-refractivity contribution in [3.63, 3.8) is 0 Å². The first-order chi connectivity index (χ1) is 13.4. The van der Waals surface area contributed by atoms with E-state index in [1.807, 2.05) is 24.3 Å². The average Bonchev–Trinajstić information content (AvgIpc) is 3.10. The van der Waals surface area contributed by atoms with Crippen molar-refractivity contribution in [3.05, 3.63) is 48.5 Å². The monoisotopic (exact) mass is 435 g/mol. The average molecular weight is 436 g/mol. The van der Waals surface area contributed by atoms with Crippen LogP contribution in [0.15, 0.2) is 57.8 Å². The van der Waals surface area contributed by atoms with Crippen LogP contribution in [-0.2, 0) is 14.8 Å². The SMILES string of the molecule is CCN(CC)S(=O)(=O)c1ccc(NC(=O)CSc2nc3ccccc3s2)cc1. The second-order valence-corrected chi connectivity index (χ2v) is 10.1. The van der Waals surface area contributed by atoms with Gasteiger partial charge in [0, 0.05) is 18.8 Å². The molecule has 0 atom stereocenters. The summed E-state index contributed by atoms with van der Waals surface area (Å²) in [5, 5.41) is 2.79. The number of nitrogens with zero attached hydrogens (tertiary/aromatic N) is 2. The number of rotatable bonds is 8. The van der Waals surface area contributed by atoms with Crippen LogP contribution in [0.2, 0.25) is 0 Å². The van der Waals surface area contributed by atoms with Gasteiger partial charge in [-0.15, -0.1) is 11.3 Å². The Labute approximate surface area is 173 Å². The van der Waals surface area contributed by atoms with E-state index in [2.05, 4.69) is 10.3 Å². The van der Waals surface area contributed by atoms with Crippen molar-refractivity contribution < 1.29 is 13.2 Å². The molecule has 0 unspecified atom stereocenters. The van der Waals surface area contributed by atoms with Crippen LogP contribution in [0, 0.1) is 0 Å². The third-order valence-corrected chi connectivity index (χ3v) is 8.33. The van der Waals surface area contributed by atoms with Crippen LogP contribution in [0.3, 0.4) is 0 Å². The maximum atomic E-state index is 12.5. The fraction of sp³-hybridized carbons (Fsp3) is 0.263. The molecule has 3 aromatic rings. The predicted molar refractivity (Wildman–Crippen MR) is 116 cm³/mol. The summed E-state index contributed by atoms with van der Waals surface area (Å²) >= 11 is 2.94. The number of benzene rings is 2. The van der Waals surface area contributed by atoms with Crippen LogP contribution < -0.4 is 5.32 Å². The first-order valence-corrected chi connectivity index (χ1v) is 12.1. The van der Waals surface area contributed by atoms with E-state index in [1.54, 1.807) is 37.3 Å². The number of thioether (sulfide) groups is 1. The highest BCUT2D eigenvalue weighted by Crippen LogP contribution is 2.29. The molecular weight excluding hydrogens is 414 g/mol. The maximum Gasteiger partial charge on any atom is 0.243 e. The Morgan fingerprint density at radius 1 is 1.11 bits per heavy atom. The molecule has 0 spiro atoms. The van der Waals surface area contributed by atoms with Gasteiger partial charge in [-0.2, -0.15) is 4.31 Å². The van der Waals surface area contributed by atoms with Gasteiger partial charge in [0.25, 0.3) is 0 Å². The first kappa shape index (κ1) is 20.8. The largest absolute Gasteiger partial charge is 0.325 e. The third kappa shape index (κ3) is 4.72. The molecule has 0 radical (unpaired) electrons. The van der Waals surface area contributed by atoms with Crippen LogP contribution in [0.5, 0.6) is 0 Å². The number of para-hydroxylation sites is 1. The summed E-state index contributed by atoms with van der Waals surface area (Å²) in [7, 11) is -3.50. The van der Waals surface area contributed by atoms with Crippen molar-refractivity contribution in [2.75, 3.05) is 24.2 Å². The minimum absolute atomic E-state index is 0.163. The molecule has 0 aliphatic carbocycles. The number of nitrogens with one attached hydrogen (secondary N) is 1. The van der Waals surface area contributed by atoms with Gasteiger partial charge in [-0.3, -0.25) is 4.79 Å². The van der Waals surface area contributed by atoms with Gasteiger partial charge in [-0.05, 0) is 36.4 Å². The molecule has 0 fully saturated rings. The van der Waals surface area contributed by atoms with E-state index >= 15 is 0 Å². The van der Waals surface area contributed by atoms with Gasteiger partial charge in [0.2, 0.25) is 15.9 Å². The molecule has 3 rings (SSSR count). The Hall–Kier alpha value is -1.94. The fourth-order valence-electron chi connectivity index (χ4n) is 2.66. The molecule has 0 bridgehead atoms. The number of carbonyl (C=O) groups excluding carboxylic acids is 1. The van der Waals surface area contributed by atoms with E-state index in [1.165, 1.54) is 28.2 Å². The van der Waals surface area contributed by atoms with E-state index in [4.69, 9.17) is 0 Å². The van der Waals surface area contributed by atoms with Crippen molar-refractivity contribution in [2.24, 2.45) is 0 Å². The molecule has 2 aromatic carbocycles. The van der Waals surface area contributed by atoms with Crippen molar-refractivity contribution in [1.29, 1.82) is 0 Å². The van der Waals surface area contributed by atoms with Crippen molar-refractivity contribution in [2.45, 2.75) is 23.1 Å². The predicted octanol–water partition coefficient (Wildman–Crippen LogP) is 4.06. The highest BCUT2D eigenvalue weighted by Gasteiger charge is 2.21. The molecule has 0 saturated heterocycles. The van der Waals surface area contributed by atoms with Gasteiger partial charge < -0.3 is 5.32 Å². The third-order valence-electron chi connectivity index (χ3n) is 4.08. The number of amides is 1. The lowest BCUT2D eigenvalue weighted by Crippen LogP contribution is -2.30. The van der Waals surface area contributed by atoms with Gasteiger partial charge in [0.1, 0.15) is 0 Å². The van der Waals surface area contributed by atoms with Crippen molar-refractivity contribution in [1.82, 2.24) is 9.29 Å². The molecule has 148 valence electrons. The zero-order chi connectivity index (χ0) is 20.1. The summed E-state index contributed by atoms with van der Waals surface area (Å²) in [6.45, 7) is 4.44. The van der Waals surface area contributed by atoms with E-state index < -0.39 is 10.0 Å². The maximum absolute atomic E-state index is 12.5. The minimum atomic E-state index is -3.50. The molecule has 0 aliphatic rings. The Morgan fingerprint density at radius 2 is 1.79 bits per heavy atom. The van der Waals surface area contributed by atoms with E-state index in [-0.39, 0.29) is 16.6 Å². The van der Waals surface area contributed by atoms with Crippen molar-refractivity contribution in [3.8, 4) is 0 Å². The summed E-state index contributed by atoms with van der Waals surface area (Å²) in [6, 6.07) is 14.1. The number of fused-ring (bicyclic) bond motifs is 1. The highest BCUT2D eigenvalue weighted by atomic mass is 32.2. The molecule has 1 amide bonds. The number of aromatic nitrogens is 1. The number of anilines is 1. The topological polar surface area (TPSA) is 79.4 Å². The molecule has 6 nitrogen and oxygen atoms in total. The number of sulfonamides is 1. The molecular formula is C19H21N3O3S3. The Morgan fingerprint density at radius 3 is 2.43 bits per heavy atom. The second-order valence-electron chi connectivity index (χ2n) is 5.90. The van der Waals surface area contributed by atoms with Gasteiger partial charge in [-0.1, -0.05) is 37.7 Å². The molecule has 1 heterocycles. The molecule has 1 N–H and O–H groups in total. The van der Waals surface area contributed by atoms with Crippen LogP contribution in [0.4, 0.5) is 5.69 Å². The summed E-state index contributed by atoms with van der Waals surface area (Å²) in [5.74, 6) is 0.0721. The summed E-state index contributed by atoms with van der Waals surface area (Å²) < 4.78 is 28.3. The highest BCUT2D eigenvalue weighted by molar-refractivity contribution is 8.01. The molecule has 1 aromatic heterocycles. The fourth-order valence-corrected chi connectivity index (χ4v) is 5.99. The molecule has 0 aliphatic heterocycles. The van der Waals surface area contributed by atoms with Crippen LogP contribution in [0.25, 0.3) is 10.2 Å². The molecule has 9 heteroatoms. The van der Waals surface area contributed by atoms with Crippen LogP contribution >= 0.6 is 23.1 Å². The Bertz CT molecular complexity index is 1030. The lowest BCUT2D eigenvalue weighted by molar-refractivity contribution is -0.113. The van der Waals surface area contributed by atoms with Crippen LogP contribution in [0.1, 0.15) is 13.8 Å². The molecule has 28 heavy (non-hydrogen) atoms. The van der Waals surface area contributed by atoms with E-state index in [9.17, 15) is 13.2 Å². The summed E-state index contributed by atoms with van der Waals surface area (Å²) in [6.07, 6.45) is 0. The first-order valence-electron chi connectivity index (χ1n) is 8.82. The Balaban J connectivity index is 1.59. The second kappa shape index (κ2) is 9.04. The number of carbonyl (C=O) groups is 1.